The molecule has 1 aliphatic rings. The zero-order valence-corrected chi connectivity index (χ0v) is 16.8. The zero-order valence-electron chi connectivity index (χ0n) is 16.8. The van der Waals surface area contributed by atoms with Crippen molar-refractivity contribution in [3.63, 3.8) is 0 Å². The Kier molecular flexibility index (Phi) is 7.94. The monoisotopic (exact) mass is 436 g/mol. The molecular weight excluding hydrogens is 413 g/mol. The van der Waals surface area contributed by atoms with Gasteiger partial charge >= 0.3 is 11.8 Å². The van der Waals surface area contributed by atoms with Gasteiger partial charge in [-0.1, -0.05) is 13.0 Å². The fourth-order valence-corrected chi connectivity index (χ4v) is 2.98. The van der Waals surface area contributed by atoms with Crippen LogP contribution < -0.4 is 16.8 Å². The Balaban J connectivity index is 0.000000316. The SMILES string of the molecule is CC1CCCN(C(=O)C(=O)Nc2cnc(N)c(C=N)c2N)C1.Fc1cccc(F)c1F. The first kappa shape index (κ1) is 23.6. The molecule has 11 heteroatoms. The van der Waals surface area contributed by atoms with Gasteiger partial charge in [-0.3, -0.25) is 9.59 Å². The van der Waals surface area contributed by atoms with Crippen LogP contribution >= 0.6 is 0 Å². The van der Waals surface area contributed by atoms with Gasteiger partial charge in [-0.2, -0.15) is 0 Å². The summed E-state index contributed by atoms with van der Waals surface area (Å²) in [5, 5.41) is 9.71. The van der Waals surface area contributed by atoms with E-state index in [0.717, 1.165) is 37.3 Å². The van der Waals surface area contributed by atoms with Gasteiger partial charge in [0.15, 0.2) is 17.5 Å². The lowest BCUT2D eigenvalue weighted by molar-refractivity contribution is -0.144. The van der Waals surface area contributed by atoms with Crippen LogP contribution in [-0.4, -0.2) is 41.0 Å². The van der Waals surface area contributed by atoms with E-state index in [9.17, 15) is 22.8 Å². The van der Waals surface area contributed by atoms with Gasteiger partial charge in [0, 0.05) is 19.3 Å². The van der Waals surface area contributed by atoms with Crippen LogP contribution in [0.25, 0.3) is 0 Å². The molecule has 1 aromatic heterocycles. The van der Waals surface area contributed by atoms with Crippen molar-refractivity contribution in [3.05, 3.63) is 47.4 Å². The molecule has 1 unspecified atom stereocenters. The van der Waals surface area contributed by atoms with Crippen LogP contribution in [0.5, 0.6) is 0 Å². The molecule has 31 heavy (non-hydrogen) atoms. The molecule has 1 atom stereocenters. The molecule has 0 saturated carbocycles. The topological polar surface area (TPSA) is 138 Å². The highest BCUT2D eigenvalue weighted by Gasteiger charge is 2.26. The van der Waals surface area contributed by atoms with Crippen molar-refractivity contribution in [1.82, 2.24) is 9.88 Å². The fourth-order valence-electron chi connectivity index (χ4n) is 2.98. The van der Waals surface area contributed by atoms with E-state index in [0.29, 0.717) is 19.0 Å². The number of nitrogens with one attached hydrogen (secondary N) is 2. The number of carbonyl (C=O) groups excluding carboxylic acids is 2. The molecule has 1 aromatic carbocycles. The predicted molar refractivity (Wildman–Crippen MR) is 111 cm³/mol. The lowest BCUT2D eigenvalue weighted by Crippen LogP contribution is -2.44. The first-order chi connectivity index (χ1) is 14.6. The van der Waals surface area contributed by atoms with Crippen molar-refractivity contribution in [2.24, 2.45) is 5.92 Å². The van der Waals surface area contributed by atoms with Crippen molar-refractivity contribution in [2.75, 3.05) is 29.9 Å². The molecule has 0 radical (unpaired) electrons. The maximum Gasteiger partial charge on any atom is 0.314 e. The lowest BCUT2D eigenvalue weighted by atomic mass is 10.0. The second kappa shape index (κ2) is 10.4. The van der Waals surface area contributed by atoms with E-state index in [4.69, 9.17) is 16.9 Å². The molecule has 3 rings (SSSR count). The quantitative estimate of drug-likeness (QED) is 0.326. The van der Waals surface area contributed by atoms with E-state index in [-0.39, 0.29) is 22.8 Å². The van der Waals surface area contributed by atoms with Crippen LogP contribution in [0, 0.1) is 28.8 Å². The van der Waals surface area contributed by atoms with Crippen molar-refractivity contribution in [3.8, 4) is 0 Å². The minimum atomic E-state index is -1.42. The van der Waals surface area contributed by atoms with E-state index in [1.807, 2.05) is 0 Å². The maximum atomic E-state index is 12.2. The number of carbonyl (C=O) groups is 2. The highest BCUT2D eigenvalue weighted by molar-refractivity contribution is 6.39. The third-order valence-corrected chi connectivity index (χ3v) is 4.62. The van der Waals surface area contributed by atoms with Gasteiger partial charge < -0.3 is 27.1 Å². The first-order valence-corrected chi connectivity index (χ1v) is 9.39. The molecule has 0 bridgehead atoms. The third kappa shape index (κ3) is 5.93. The standard InChI is InChI=1S/C14H20N6O2.C6H3F3/c1-8-3-2-4-20(7-8)14(22)13(21)19-10-6-18-12(17)9(5-15)11(10)16;7-4-2-1-3-5(8)6(4)9/h5-6,8,15H,2-4,7H2,1H3,(H,19,21)(H4,16,17,18);1-3H. The van der Waals surface area contributed by atoms with Crippen LogP contribution in [0.2, 0.25) is 0 Å². The largest absolute Gasteiger partial charge is 0.396 e. The van der Waals surface area contributed by atoms with Gasteiger partial charge in [0.2, 0.25) is 0 Å². The van der Waals surface area contributed by atoms with Gasteiger partial charge in [-0.25, -0.2) is 18.2 Å². The smallest absolute Gasteiger partial charge is 0.314 e. The van der Waals surface area contributed by atoms with Gasteiger partial charge in [0.25, 0.3) is 0 Å². The molecule has 1 fully saturated rings. The van der Waals surface area contributed by atoms with Gasteiger partial charge in [-0.05, 0) is 30.9 Å². The first-order valence-electron chi connectivity index (χ1n) is 9.39. The molecule has 0 aliphatic carbocycles. The van der Waals surface area contributed by atoms with Gasteiger partial charge in [0.1, 0.15) is 5.82 Å². The summed E-state index contributed by atoms with van der Waals surface area (Å²) < 4.78 is 35.9. The lowest BCUT2D eigenvalue weighted by Gasteiger charge is -2.30. The zero-order chi connectivity index (χ0) is 23.1. The second-order valence-electron chi connectivity index (χ2n) is 7.02. The Bertz CT molecular complexity index is 965. The molecule has 2 aromatic rings. The van der Waals surface area contributed by atoms with Crippen molar-refractivity contribution in [2.45, 2.75) is 19.8 Å². The number of amides is 2. The van der Waals surface area contributed by atoms with E-state index in [2.05, 4.69) is 17.2 Å². The number of nitrogen functional groups attached to an aromatic ring is 2. The van der Waals surface area contributed by atoms with Crippen LogP contribution in [0.15, 0.2) is 24.4 Å². The normalized spacial score (nSPS) is 15.5. The number of pyridine rings is 1. The Morgan fingerprint density at radius 2 is 1.90 bits per heavy atom. The summed E-state index contributed by atoms with van der Waals surface area (Å²) in [6.45, 7) is 3.21. The van der Waals surface area contributed by atoms with E-state index in [1.54, 1.807) is 4.90 Å². The molecule has 8 nitrogen and oxygen atoms in total. The maximum absolute atomic E-state index is 12.2. The summed E-state index contributed by atoms with van der Waals surface area (Å²) in [7, 11) is 0. The highest BCUT2D eigenvalue weighted by atomic mass is 19.2. The molecule has 2 heterocycles. The molecular formula is C20H23F3N6O2. The number of aromatic nitrogens is 1. The Labute approximate surface area is 176 Å². The number of rotatable bonds is 2. The highest BCUT2D eigenvalue weighted by Crippen LogP contribution is 2.24. The summed E-state index contributed by atoms with van der Waals surface area (Å²) >= 11 is 0. The van der Waals surface area contributed by atoms with Crippen LogP contribution in [0.1, 0.15) is 25.3 Å². The fraction of sp³-hybridized carbons (Fsp3) is 0.300. The Hall–Kier alpha value is -3.63. The summed E-state index contributed by atoms with van der Waals surface area (Å²) in [5.74, 6) is -4.59. The van der Waals surface area contributed by atoms with E-state index in [1.165, 1.54) is 6.20 Å². The third-order valence-electron chi connectivity index (χ3n) is 4.62. The van der Waals surface area contributed by atoms with Gasteiger partial charge in [-0.15, -0.1) is 0 Å². The molecule has 1 aliphatic heterocycles. The number of likely N-dealkylation sites (tertiary alicyclic amines) is 1. The summed E-state index contributed by atoms with van der Waals surface area (Å²) in [5.41, 5.74) is 11.9. The number of nitrogens with zero attached hydrogens (tertiary/aromatic N) is 2. The summed E-state index contributed by atoms with van der Waals surface area (Å²) in [4.78, 5) is 29.6. The number of piperidine rings is 1. The molecule has 166 valence electrons. The average Bonchev–Trinajstić information content (AvgIpc) is 2.74. The minimum absolute atomic E-state index is 0.0988. The number of halogens is 3. The van der Waals surface area contributed by atoms with E-state index >= 15 is 0 Å². The minimum Gasteiger partial charge on any atom is -0.396 e. The summed E-state index contributed by atoms with van der Waals surface area (Å²) in [6.07, 6.45) is 4.19. The summed E-state index contributed by atoms with van der Waals surface area (Å²) in [6, 6.07) is 2.82. The van der Waals surface area contributed by atoms with Crippen molar-refractivity contribution in [1.29, 1.82) is 5.41 Å². The number of anilines is 3. The molecule has 6 N–H and O–H groups in total. The molecule has 1 saturated heterocycles. The van der Waals surface area contributed by atoms with Gasteiger partial charge in [0.05, 0.1) is 23.1 Å². The average molecular weight is 436 g/mol. The Morgan fingerprint density at radius 3 is 2.45 bits per heavy atom. The van der Waals surface area contributed by atoms with E-state index < -0.39 is 29.3 Å². The van der Waals surface area contributed by atoms with Crippen LogP contribution in [0.4, 0.5) is 30.4 Å². The van der Waals surface area contributed by atoms with Crippen molar-refractivity contribution >= 4 is 35.2 Å². The van der Waals surface area contributed by atoms with Crippen molar-refractivity contribution < 1.29 is 22.8 Å². The molecule has 0 spiro atoms. The second-order valence-corrected chi connectivity index (χ2v) is 7.02. The number of nitrogens with two attached hydrogens (primary N) is 2. The van der Waals surface area contributed by atoms with Crippen LogP contribution in [-0.2, 0) is 9.59 Å². The Morgan fingerprint density at radius 1 is 1.26 bits per heavy atom. The number of hydrogen-bond acceptors (Lipinski definition) is 6. The number of benzene rings is 1. The number of hydrogen-bond donors (Lipinski definition) is 4. The predicted octanol–water partition coefficient (Wildman–Crippen LogP) is 2.54. The van der Waals surface area contributed by atoms with Crippen LogP contribution in [0.3, 0.4) is 0 Å². The molecule has 2 amide bonds.